The van der Waals surface area contributed by atoms with Crippen molar-refractivity contribution in [1.29, 1.82) is 5.26 Å². The van der Waals surface area contributed by atoms with Crippen LogP contribution in [0.2, 0.25) is 0 Å². The van der Waals surface area contributed by atoms with Gasteiger partial charge in [-0.15, -0.1) is 0 Å². The number of hydrogen-bond donors (Lipinski definition) is 0. The lowest BCUT2D eigenvalue weighted by atomic mass is 9.91. The Hall–Kier alpha value is -2.16. The molecule has 0 spiro atoms. The number of hydrogen-bond acceptors (Lipinski definition) is 8. The van der Waals surface area contributed by atoms with Crippen LogP contribution in [0.5, 0.6) is 0 Å². The van der Waals surface area contributed by atoms with Crippen molar-refractivity contribution in [3.05, 3.63) is 31.9 Å². The number of rotatable bonds is 6. The van der Waals surface area contributed by atoms with E-state index in [0.717, 1.165) is 49.9 Å². The first kappa shape index (κ1) is 27.9. The van der Waals surface area contributed by atoms with Gasteiger partial charge >= 0.3 is 0 Å². The number of pyridine rings is 1. The van der Waals surface area contributed by atoms with Gasteiger partial charge in [-0.25, -0.2) is 8.42 Å². The van der Waals surface area contributed by atoms with Crippen molar-refractivity contribution in [2.45, 2.75) is 66.0 Å². The van der Waals surface area contributed by atoms with E-state index in [2.05, 4.69) is 31.7 Å². The molecule has 3 aliphatic rings. The van der Waals surface area contributed by atoms with Gasteiger partial charge in [-0.3, -0.25) is 19.1 Å². The Morgan fingerprint density at radius 2 is 1.89 bits per heavy atom. The van der Waals surface area contributed by atoms with Gasteiger partial charge in [-0.05, 0) is 49.7 Å². The van der Waals surface area contributed by atoms with E-state index in [9.17, 15) is 23.3 Å². The molecule has 4 rings (SSSR count). The average Bonchev–Trinajstić information content (AvgIpc) is 3.31. The van der Waals surface area contributed by atoms with E-state index in [1.165, 1.54) is 4.90 Å². The lowest BCUT2D eigenvalue weighted by Gasteiger charge is -2.39. The first-order valence-electron chi connectivity index (χ1n) is 12.9. The highest BCUT2D eigenvalue weighted by atomic mass is 32.2. The molecule has 4 heterocycles. The van der Waals surface area contributed by atoms with Crippen LogP contribution in [0, 0.1) is 30.1 Å². The molecular weight excluding hydrogens is 529 g/mol. The fourth-order valence-electron chi connectivity index (χ4n) is 5.75. The van der Waals surface area contributed by atoms with Gasteiger partial charge in [0.15, 0.2) is 9.84 Å². The Labute approximate surface area is 228 Å². The van der Waals surface area contributed by atoms with Crippen molar-refractivity contribution in [3.8, 4) is 6.07 Å². The van der Waals surface area contributed by atoms with Crippen molar-refractivity contribution < 1.29 is 13.2 Å². The summed E-state index contributed by atoms with van der Waals surface area (Å²) >= 11 is 6.67. The number of piperidine rings is 1. The van der Waals surface area contributed by atoms with Crippen molar-refractivity contribution in [2.24, 2.45) is 11.8 Å². The molecular formula is C26H34N4O4S3. The summed E-state index contributed by atoms with van der Waals surface area (Å²) in [7, 11) is -3.19. The smallest absolute Gasteiger partial charge is 0.270 e. The number of sulfone groups is 1. The summed E-state index contributed by atoms with van der Waals surface area (Å²) in [6, 6.07) is 1.64. The quantitative estimate of drug-likeness (QED) is 0.382. The van der Waals surface area contributed by atoms with E-state index in [4.69, 9.17) is 12.2 Å². The van der Waals surface area contributed by atoms with Crippen LogP contribution in [-0.2, 0) is 21.2 Å². The van der Waals surface area contributed by atoms with Gasteiger partial charge < -0.3 is 4.90 Å². The molecule has 3 fully saturated rings. The third-order valence-electron chi connectivity index (χ3n) is 7.42. The zero-order valence-corrected chi connectivity index (χ0v) is 24.3. The number of carbonyl (C=O) groups excluding carboxylic acids is 1. The summed E-state index contributed by atoms with van der Waals surface area (Å²) in [5.41, 5.74) is 1.03. The maximum absolute atomic E-state index is 13.5. The number of thioether (sulfide) groups is 1. The first-order chi connectivity index (χ1) is 17.5. The Bertz CT molecular complexity index is 1350. The van der Waals surface area contributed by atoms with Gasteiger partial charge in [0, 0.05) is 25.2 Å². The van der Waals surface area contributed by atoms with Gasteiger partial charge in [0.1, 0.15) is 21.8 Å². The Morgan fingerprint density at radius 3 is 2.46 bits per heavy atom. The minimum Gasteiger partial charge on any atom is -0.357 e. The van der Waals surface area contributed by atoms with E-state index >= 15 is 0 Å². The minimum absolute atomic E-state index is 0.0519. The van der Waals surface area contributed by atoms with Gasteiger partial charge in [0.05, 0.1) is 22.5 Å². The van der Waals surface area contributed by atoms with E-state index in [1.54, 1.807) is 17.6 Å². The van der Waals surface area contributed by atoms with Gasteiger partial charge in [-0.1, -0.05) is 51.2 Å². The van der Waals surface area contributed by atoms with Crippen molar-refractivity contribution in [3.63, 3.8) is 0 Å². The molecule has 37 heavy (non-hydrogen) atoms. The number of thiocarbonyl (C=S) groups is 1. The van der Waals surface area contributed by atoms with Gasteiger partial charge in [0.25, 0.3) is 11.5 Å². The maximum Gasteiger partial charge on any atom is 0.270 e. The molecule has 0 aromatic carbocycles. The second-order valence-corrected chi connectivity index (χ2v) is 14.5. The Balaban J connectivity index is 1.87. The summed E-state index contributed by atoms with van der Waals surface area (Å²) in [5.74, 6) is 1.28. The Kier molecular flexibility index (Phi) is 8.22. The standard InChI is InChI=1S/C26H34N4O4S3/c1-5-6-8-29-23(28-13-16(2)10-17(3)14-28)20(18(4)21(12-27)24(29)31)11-22-25(32)30(26(35)36-22)19-7-9-37(33,34)15-19/h11,16-17,19H,5-10,13-15H2,1-4H3. The molecule has 3 aliphatic heterocycles. The predicted octanol–water partition coefficient (Wildman–Crippen LogP) is 3.70. The molecule has 0 radical (unpaired) electrons. The van der Waals surface area contributed by atoms with Crippen LogP contribution in [0.25, 0.3) is 6.08 Å². The molecule has 1 amide bonds. The third kappa shape index (κ3) is 5.52. The Morgan fingerprint density at radius 1 is 1.22 bits per heavy atom. The second kappa shape index (κ2) is 10.9. The van der Waals surface area contributed by atoms with E-state index in [1.807, 2.05) is 0 Å². The molecule has 200 valence electrons. The van der Waals surface area contributed by atoms with Crippen molar-refractivity contribution in [2.75, 3.05) is 29.5 Å². The van der Waals surface area contributed by atoms with E-state index in [0.29, 0.717) is 45.2 Å². The lowest BCUT2D eigenvalue weighted by Crippen LogP contribution is -2.43. The first-order valence-corrected chi connectivity index (χ1v) is 15.9. The number of nitriles is 1. The van der Waals surface area contributed by atoms with Crippen LogP contribution in [0.1, 0.15) is 63.1 Å². The van der Waals surface area contributed by atoms with E-state index in [-0.39, 0.29) is 28.5 Å². The maximum atomic E-state index is 13.5. The summed E-state index contributed by atoms with van der Waals surface area (Å²) in [4.78, 5) is 31.1. The summed E-state index contributed by atoms with van der Waals surface area (Å²) < 4.78 is 26.2. The third-order valence-corrected chi connectivity index (χ3v) is 10.5. The summed E-state index contributed by atoms with van der Waals surface area (Å²) in [5, 5.41) is 9.89. The number of anilines is 1. The fraction of sp³-hybridized carbons (Fsp3) is 0.615. The summed E-state index contributed by atoms with van der Waals surface area (Å²) in [6.45, 7) is 10.3. The van der Waals surface area contributed by atoms with Gasteiger partial charge in [-0.2, -0.15) is 5.26 Å². The van der Waals surface area contributed by atoms with Crippen LogP contribution >= 0.6 is 24.0 Å². The number of nitrogens with zero attached hydrogens (tertiary/aromatic N) is 4. The zero-order chi connectivity index (χ0) is 27.1. The summed E-state index contributed by atoms with van der Waals surface area (Å²) in [6.07, 6.45) is 4.92. The topological polar surface area (TPSA) is 103 Å². The van der Waals surface area contributed by atoms with Gasteiger partial charge in [0.2, 0.25) is 0 Å². The molecule has 1 aromatic heterocycles. The SMILES string of the molecule is CCCCn1c(N2CC(C)CC(C)C2)c(C=C2SC(=S)N(C3CCS(=O)(=O)C3)C2=O)c(C)c(C#N)c1=O. The molecule has 3 saturated heterocycles. The lowest BCUT2D eigenvalue weighted by molar-refractivity contribution is -0.123. The molecule has 8 nitrogen and oxygen atoms in total. The molecule has 0 bridgehead atoms. The molecule has 3 atom stereocenters. The normalized spacial score (nSPS) is 26.8. The molecule has 0 saturated carbocycles. The number of unbranched alkanes of at least 4 members (excludes halogenated alkanes) is 1. The fourth-order valence-corrected chi connectivity index (χ4v) is 8.83. The number of carbonyl (C=O) groups is 1. The minimum atomic E-state index is -3.19. The van der Waals surface area contributed by atoms with Crippen molar-refractivity contribution in [1.82, 2.24) is 9.47 Å². The molecule has 3 unspecified atom stereocenters. The zero-order valence-electron chi connectivity index (χ0n) is 21.8. The van der Waals surface area contributed by atoms with Crippen LogP contribution in [0.15, 0.2) is 9.70 Å². The van der Waals surface area contributed by atoms with Crippen LogP contribution < -0.4 is 10.5 Å². The highest BCUT2D eigenvalue weighted by Crippen LogP contribution is 2.39. The monoisotopic (exact) mass is 562 g/mol. The molecule has 0 N–H and O–H groups in total. The van der Waals surface area contributed by atoms with Crippen LogP contribution in [-0.4, -0.2) is 58.7 Å². The van der Waals surface area contributed by atoms with Crippen molar-refractivity contribution >= 4 is 55.9 Å². The highest BCUT2D eigenvalue weighted by Gasteiger charge is 2.42. The predicted molar refractivity (Wildman–Crippen MR) is 152 cm³/mol. The molecule has 1 aromatic rings. The second-order valence-electron chi connectivity index (χ2n) is 10.6. The van der Waals surface area contributed by atoms with Crippen LogP contribution in [0.4, 0.5) is 5.82 Å². The molecule has 0 aliphatic carbocycles. The van der Waals surface area contributed by atoms with Crippen LogP contribution in [0.3, 0.4) is 0 Å². The average molecular weight is 563 g/mol. The largest absolute Gasteiger partial charge is 0.357 e. The number of aromatic nitrogens is 1. The molecule has 11 heteroatoms. The van der Waals surface area contributed by atoms with E-state index < -0.39 is 15.9 Å². The number of amides is 1. The highest BCUT2D eigenvalue weighted by molar-refractivity contribution is 8.26.